The number of benzene rings is 1. The fourth-order valence-corrected chi connectivity index (χ4v) is 3.50. The van der Waals surface area contributed by atoms with Crippen molar-refractivity contribution in [3.05, 3.63) is 30.6 Å². The summed E-state index contributed by atoms with van der Waals surface area (Å²) in [5.41, 5.74) is 2.57. The maximum atomic E-state index is 11.4. The molecule has 1 saturated heterocycles. The van der Waals surface area contributed by atoms with E-state index in [1.165, 1.54) is 0 Å². The van der Waals surface area contributed by atoms with Gasteiger partial charge in [0.05, 0.1) is 50.3 Å². The molecule has 3 heterocycles. The highest BCUT2D eigenvalue weighted by molar-refractivity contribution is 7.92. The van der Waals surface area contributed by atoms with Crippen LogP contribution in [0.5, 0.6) is 0 Å². The predicted octanol–water partition coefficient (Wildman–Crippen LogP) is 0.724. The third-order valence-corrected chi connectivity index (χ3v) is 4.67. The molecule has 1 fully saturated rings. The van der Waals surface area contributed by atoms with Crippen LogP contribution in [0.15, 0.2) is 30.6 Å². The summed E-state index contributed by atoms with van der Waals surface area (Å²) >= 11 is 0. The molecule has 3 aromatic rings. The number of anilines is 4. The summed E-state index contributed by atoms with van der Waals surface area (Å²) in [6.45, 7) is 2.85. The lowest BCUT2D eigenvalue weighted by atomic mass is 10.3. The van der Waals surface area contributed by atoms with E-state index >= 15 is 0 Å². The molecular weight excluding hydrogens is 370 g/mol. The van der Waals surface area contributed by atoms with Crippen LogP contribution in [-0.4, -0.2) is 55.9 Å². The van der Waals surface area contributed by atoms with Crippen molar-refractivity contribution in [2.75, 3.05) is 47.5 Å². The van der Waals surface area contributed by atoms with E-state index in [2.05, 4.69) is 34.9 Å². The summed E-state index contributed by atoms with van der Waals surface area (Å²) < 4.78 is 30.7. The Kier molecular flexibility index (Phi) is 4.54. The van der Waals surface area contributed by atoms with Gasteiger partial charge in [-0.3, -0.25) is 10.0 Å². The standard InChI is InChI=1S/C16H19N7O3S/c1-27(24,25)22-12-4-2-3-11(9-12)19-16-20-14-13(17-10-18-14)15(21-16)23-5-7-26-8-6-23/h2-4,9-10,22H,5-8H2,1H3,(H2,17,18,19,20,21)/p+1. The molecule has 0 spiro atoms. The number of hydrogen-bond donors (Lipinski definition) is 3. The largest absolute Gasteiger partial charge is 0.376 e. The summed E-state index contributed by atoms with van der Waals surface area (Å²) in [4.78, 5) is 17.3. The lowest BCUT2D eigenvalue weighted by molar-refractivity contribution is -0.349. The Bertz CT molecular complexity index is 1060. The van der Waals surface area contributed by atoms with Gasteiger partial charge < -0.3 is 14.6 Å². The minimum atomic E-state index is -3.34. The molecule has 0 bridgehead atoms. The number of imidazole rings is 1. The Hall–Kier alpha value is -2.92. The number of nitrogens with zero attached hydrogens (tertiary/aromatic N) is 3. The van der Waals surface area contributed by atoms with Gasteiger partial charge in [-0.2, -0.15) is 0 Å². The summed E-state index contributed by atoms with van der Waals surface area (Å²) in [5.74, 6) is 1.39. The monoisotopic (exact) mass is 390 g/mol. The van der Waals surface area contributed by atoms with Gasteiger partial charge in [-0.1, -0.05) is 11.1 Å². The topological polar surface area (TPSA) is 126 Å². The van der Waals surface area contributed by atoms with Gasteiger partial charge >= 0.3 is 5.95 Å². The molecular formula is C16H20N7O3S+. The third-order valence-electron chi connectivity index (χ3n) is 4.07. The van der Waals surface area contributed by atoms with Crippen molar-refractivity contribution in [2.45, 2.75) is 0 Å². The van der Waals surface area contributed by atoms with E-state index in [0.29, 0.717) is 36.2 Å². The van der Waals surface area contributed by atoms with E-state index < -0.39 is 10.0 Å². The Morgan fingerprint density at radius 1 is 1.26 bits per heavy atom. The number of H-pyrrole nitrogens is 2. The molecule has 0 aliphatic carbocycles. The van der Waals surface area contributed by atoms with E-state index in [9.17, 15) is 8.42 Å². The quantitative estimate of drug-likeness (QED) is 0.586. The van der Waals surface area contributed by atoms with E-state index in [-0.39, 0.29) is 0 Å². The molecule has 1 aromatic carbocycles. The zero-order valence-electron chi connectivity index (χ0n) is 14.7. The van der Waals surface area contributed by atoms with Crippen molar-refractivity contribution >= 4 is 44.3 Å². The molecule has 1 aliphatic rings. The summed E-state index contributed by atoms with van der Waals surface area (Å²) in [6.07, 6.45) is 2.72. The van der Waals surface area contributed by atoms with Crippen LogP contribution in [-0.2, 0) is 14.8 Å². The average molecular weight is 390 g/mol. The molecule has 11 heteroatoms. The molecule has 4 N–H and O–H groups in total. The number of ether oxygens (including phenoxy) is 1. The first kappa shape index (κ1) is 17.5. The Labute approximate surface area is 156 Å². The van der Waals surface area contributed by atoms with Gasteiger partial charge in [0, 0.05) is 0 Å². The van der Waals surface area contributed by atoms with Crippen LogP contribution in [0.4, 0.5) is 23.1 Å². The van der Waals surface area contributed by atoms with Crippen molar-refractivity contribution in [1.29, 1.82) is 0 Å². The van der Waals surface area contributed by atoms with Crippen LogP contribution in [0.1, 0.15) is 0 Å². The highest BCUT2D eigenvalue weighted by atomic mass is 32.2. The van der Waals surface area contributed by atoms with Crippen LogP contribution in [0.3, 0.4) is 0 Å². The second-order valence-electron chi connectivity index (χ2n) is 6.21. The highest BCUT2D eigenvalue weighted by Gasteiger charge is 2.23. The zero-order chi connectivity index (χ0) is 18.9. The Morgan fingerprint density at radius 3 is 2.81 bits per heavy atom. The molecule has 142 valence electrons. The summed E-state index contributed by atoms with van der Waals surface area (Å²) in [6, 6.07) is 6.96. The number of rotatable bonds is 5. The molecule has 4 rings (SSSR count). The third kappa shape index (κ3) is 4.09. The molecule has 10 nitrogen and oxygen atoms in total. The smallest absolute Gasteiger partial charge is 0.351 e. The summed E-state index contributed by atoms with van der Waals surface area (Å²) in [5, 5.41) is 3.18. The second kappa shape index (κ2) is 7.00. The molecule has 0 saturated carbocycles. The molecule has 1 aliphatic heterocycles. The lowest BCUT2D eigenvalue weighted by Gasteiger charge is -2.24. The van der Waals surface area contributed by atoms with Crippen LogP contribution < -0.4 is 19.9 Å². The first-order chi connectivity index (χ1) is 13.0. The normalized spacial score (nSPS) is 15.1. The van der Waals surface area contributed by atoms with Gasteiger partial charge in [0.2, 0.25) is 21.5 Å². The SMILES string of the molecule is CS(=O)(=O)Nc1cccc(Nc2nc3nc[nH]c3c(N3CCOCC3)[nH+]2)c1. The van der Waals surface area contributed by atoms with Gasteiger partial charge in [0.1, 0.15) is 0 Å². The number of nitrogens with one attached hydrogen (secondary N) is 4. The molecule has 27 heavy (non-hydrogen) atoms. The minimum Gasteiger partial charge on any atom is -0.376 e. The number of fused-ring (bicyclic) bond motifs is 1. The maximum absolute atomic E-state index is 11.4. The van der Waals surface area contributed by atoms with Crippen LogP contribution in [0.25, 0.3) is 11.2 Å². The second-order valence-corrected chi connectivity index (χ2v) is 7.96. The highest BCUT2D eigenvalue weighted by Crippen LogP contribution is 2.22. The van der Waals surface area contributed by atoms with Crippen molar-refractivity contribution in [3.63, 3.8) is 0 Å². The van der Waals surface area contributed by atoms with Crippen LogP contribution in [0, 0.1) is 0 Å². The lowest BCUT2D eigenvalue weighted by Crippen LogP contribution is -2.40. The van der Waals surface area contributed by atoms with Crippen molar-refractivity contribution in [2.24, 2.45) is 0 Å². The minimum absolute atomic E-state index is 0.469. The van der Waals surface area contributed by atoms with E-state index in [1.54, 1.807) is 24.5 Å². The molecule has 0 atom stereocenters. The first-order valence-corrected chi connectivity index (χ1v) is 10.3. The van der Waals surface area contributed by atoms with Crippen LogP contribution >= 0.6 is 0 Å². The zero-order valence-corrected chi connectivity index (χ0v) is 15.5. The van der Waals surface area contributed by atoms with Gasteiger partial charge in [0.15, 0.2) is 5.52 Å². The number of aromatic nitrogens is 4. The van der Waals surface area contributed by atoms with Gasteiger partial charge in [-0.05, 0) is 18.2 Å². The van der Waals surface area contributed by atoms with Gasteiger partial charge in [-0.25, -0.2) is 18.4 Å². The fourth-order valence-electron chi connectivity index (χ4n) is 2.95. The molecule has 0 unspecified atom stereocenters. The predicted molar refractivity (Wildman–Crippen MR) is 102 cm³/mol. The molecule has 0 amide bonds. The summed E-state index contributed by atoms with van der Waals surface area (Å²) in [7, 11) is -3.34. The van der Waals surface area contributed by atoms with Crippen molar-refractivity contribution in [3.8, 4) is 0 Å². The number of morpholine rings is 1. The van der Waals surface area contributed by atoms with Gasteiger partial charge in [0.25, 0.3) is 0 Å². The fraction of sp³-hybridized carbons (Fsp3) is 0.312. The number of aromatic amines is 2. The van der Waals surface area contributed by atoms with Crippen molar-refractivity contribution < 1.29 is 18.1 Å². The maximum Gasteiger partial charge on any atom is 0.351 e. The number of hydrogen-bond acceptors (Lipinski definition) is 7. The average Bonchev–Trinajstić information content (AvgIpc) is 3.09. The van der Waals surface area contributed by atoms with E-state index in [1.807, 2.05) is 6.07 Å². The first-order valence-electron chi connectivity index (χ1n) is 8.42. The molecule has 2 aromatic heterocycles. The number of sulfonamides is 1. The van der Waals surface area contributed by atoms with E-state index in [0.717, 1.165) is 30.7 Å². The van der Waals surface area contributed by atoms with Crippen molar-refractivity contribution in [1.82, 2.24) is 15.0 Å². The Morgan fingerprint density at radius 2 is 2.04 bits per heavy atom. The van der Waals surface area contributed by atoms with Crippen LogP contribution in [0.2, 0.25) is 0 Å². The van der Waals surface area contributed by atoms with Gasteiger partial charge in [-0.15, -0.1) is 0 Å². The van der Waals surface area contributed by atoms with E-state index in [4.69, 9.17) is 4.74 Å². The molecule has 0 radical (unpaired) electrons. The Balaban J connectivity index is 1.65.